The van der Waals surface area contributed by atoms with Crippen molar-refractivity contribution < 1.29 is 9.53 Å². The van der Waals surface area contributed by atoms with Crippen molar-refractivity contribution in [2.75, 3.05) is 0 Å². The fraction of sp³-hybridized carbons (Fsp3) is 0.333. The van der Waals surface area contributed by atoms with Gasteiger partial charge >= 0.3 is 5.97 Å². The molecule has 0 bridgehead atoms. The number of hydrogen-bond donors (Lipinski definition) is 0. The molecule has 0 radical (unpaired) electrons. The van der Waals surface area contributed by atoms with Gasteiger partial charge < -0.3 is 4.74 Å². The van der Waals surface area contributed by atoms with Crippen LogP contribution in [-0.4, -0.2) is 26.4 Å². The number of ether oxygens (including phenoxy) is 1. The van der Waals surface area contributed by atoms with Gasteiger partial charge in [0.15, 0.2) is 0 Å². The molecule has 0 saturated carbocycles. The third kappa shape index (κ3) is 3.49. The summed E-state index contributed by atoms with van der Waals surface area (Å²) in [4.78, 5) is 18.4. The van der Waals surface area contributed by atoms with Gasteiger partial charge in [-0.25, -0.2) is 4.99 Å². The summed E-state index contributed by atoms with van der Waals surface area (Å²) in [6, 6.07) is 7.53. The molecule has 8 heteroatoms. The Hall–Kier alpha value is -2.51. The molecule has 0 spiro atoms. The number of aromatic nitrogens is 3. The van der Waals surface area contributed by atoms with Gasteiger partial charge in [0.05, 0.1) is 5.71 Å². The molecule has 0 amide bonds. The number of carbonyl (C=O) groups is 1. The molecule has 0 N–H and O–H groups in total. The lowest BCUT2D eigenvalue weighted by molar-refractivity contribution is -0.149. The number of esters is 1. The Balaban J connectivity index is 1.96. The Kier molecular flexibility index (Phi) is 5.27. The first-order valence-electron chi connectivity index (χ1n) is 9.46. The van der Waals surface area contributed by atoms with Gasteiger partial charge in [0.1, 0.15) is 10.8 Å². The monoisotopic (exact) mass is 428 g/mol. The van der Waals surface area contributed by atoms with Gasteiger partial charge in [-0.05, 0) is 44.9 Å². The van der Waals surface area contributed by atoms with E-state index in [-0.39, 0.29) is 5.97 Å². The van der Waals surface area contributed by atoms with Gasteiger partial charge in [0.2, 0.25) is 5.82 Å². The lowest BCUT2D eigenvalue weighted by Gasteiger charge is -2.13. The quantitative estimate of drug-likeness (QED) is 0.542. The lowest BCUT2D eigenvalue weighted by atomic mass is 10.00. The Morgan fingerprint density at radius 1 is 1.21 bits per heavy atom. The van der Waals surface area contributed by atoms with Crippen LogP contribution in [-0.2, 0) is 9.53 Å². The third-order valence-corrected chi connectivity index (χ3v) is 6.38. The fourth-order valence-electron chi connectivity index (χ4n) is 3.37. The van der Waals surface area contributed by atoms with Gasteiger partial charge in [-0.2, -0.15) is 0 Å². The van der Waals surface area contributed by atoms with E-state index in [0.717, 1.165) is 33.2 Å². The molecule has 0 aliphatic carbocycles. The van der Waals surface area contributed by atoms with Crippen molar-refractivity contribution in [1.29, 1.82) is 0 Å². The van der Waals surface area contributed by atoms with Gasteiger partial charge in [-0.15, -0.1) is 21.5 Å². The maximum absolute atomic E-state index is 12.3. The smallest absolute Gasteiger partial charge is 0.308 e. The van der Waals surface area contributed by atoms with Gasteiger partial charge in [0, 0.05) is 27.4 Å². The highest BCUT2D eigenvalue weighted by Gasteiger charge is 2.33. The number of nitrogens with zero attached hydrogens (tertiary/aromatic N) is 4. The standard InChI is InChI=1S/C21H21ClN4O2S/c1-5-6-16(27)28-20-19-25-24-13(4)26(19)21-17(11(2)12(3)29-21)18(23-20)14-7-9-15(22)10-8-14/h7-10,20H,5-6H2,1-4H3/t20-/m0/s1. The zero-order chi connectivity index (χ0) is 20.7. The van der Waals surface area contributed by atoms with E-state index in [1.54, 1.807) is 11.3 Å². The van der Waals surface area contributed by atoms with Gasteiger partial charge in [0.25, 0.3) is 6.23 Å². The molecule has 150 valence electrons. The maximum Gasteiger partial charge on any atom is 0.308 e. The Morgan fingerprint density at radius 2 is 1.93 bits per heavy atom. The SMILES string of the molecule is CCCC(=O)O[C@@H]1N=C(c2ccc(Cl)cc2)c2c(sc(C)c2C)-n2c(C)nnc21. The second kappa shape index (κ2) is 7.72. The molecule has 3 aromatic rings. The lowest BCUT2D eigenvalue weighted by Crippen LogP contribution is -2.14. The van der Waals surface area contributed by atoms with Crippen LogP contribution in [0.2, 0.25) is 5.02 Å². The molecule has 1 aromatic carbocycles. The molecule has 1 atom stereocenters. The van der Waals surface area contributed by atoms with Gasteiger partial charge in [-0.3, -0.25) is 9.36 Å². The van der Waals surface area contributed by atoms with E-state index in [4.69, 9.17) is 21.3 Å². The molecule has 0 saturated heterocycles. The highest BCUT2D eigenvalue weighted by molar-refractivity contribution is 7.15. The largest absolute Gasteiger partial charge is 0.432 e. The van der Waals surface area contributed by atoms with E-state index in [1.165, 1.54) is 4.88 Å². The van der Waals surface area contributed by atoms with Crippen LogP contribution in [0.3, 0.4) is 0 Å². The van der Waals surface area contributed by atoms with E-state index in [1.807, 2.05) is 42.7 Å². The summed E-state index contributed by atoms with van der Waals surface area (Å²) in [5.41, 5.74) is 3.81. The molecule has 29 heavy (non-hydrogen) atoms. The fourth-order valence-corrected chi connectivity index (χ4v) is 4.71. The maximum atomic E-state index is 12.3. The molecule has 0 unspecified atom stereocenters. The average Bonchev–Trinajstić information content (AvgIpc) is 3.15. The number of halogens is 1. The number of benzene rings is 1. The number of rotatable bonds is 4. The predicted octanol–water partition coefficient (Wildman–Crippen LogP) is 5.10. The summed E-state index contributed by atoms with van der Waals surface area (Å²) in [7, 11) is 0. The van der Waals surface area contributed by atoms with Crippen LogP contribution >= 0.6 is 22.9 Å². The van der Waals surface area contributed by atoms with Crippen molar-refractivity contribution in [2.45, 2.75) is 46.8 Å². The predicted molar refractivity (Wildman–Crippen MR) is 114 cm³/mol. The Bertz CT molecular complexity index is 1110. The van der Waals surface area contributed by atoms with Crippen molar-refractivity contribution in [3.8, 4) is 5.00 Å². The summed E-state index contributed by atoms with van der Waals surface area (Å²) in [6.45, 7) is 8.00. The van der Waals surface area contributed by atoms with Crippen molar-refractivity contribution in [2.24, 2.45) is 4.99 Å². The number of fused-ring (bicyclic) bond motifs is 3. The average molecular weight is 429 g/mol. The minimum absolute atomic E-state index is 0.304. The van der Waals surface area contributed by atoms with E-state index in [0.29, 0.717) is 23.7 Å². The summed E-state index contributed by atoms with van der Waals surface area (Å²) < 4.78 is 7.68. The summed E-state index contributed by atoms with van der Waals surface area (Å²) in [5.74, 6) is 0.937. The van der Waals surface area contributed by atoms with Crippen molar-refractivity contribution >= 4 is 34.6 Å². The second-order valence-corrected chi connectivity index (χ2v) is 8.62. The highest BCUT2D eigenvalue weighted by Crippen LogP contribution is 2.39. The van der Waals surface area contributed by atoms with Crippen LogP contribution in [0, 0.1) is 20.8 Å². The van der Waals surface area contributed by atoms with E-state index in [2.05, 4.69) is 24.0 Å². The number of aryl methyl sites for hydroxylation is 2. The van der Waals surface area contributed by atoms with Crippen LogP contribution in [0.25, 0.3) is 5.00 Å². The molecule has 0 fully saturated rings. The molecular formula is C21H21ClN4O2S. The number of carbonyl (C=O) groups excluding carboxylic acids is 1. The van der Waals surface area contributed by atoms with Crippen LogP contribution in [0.1, 0.15) is 59.2 Å². The van der Waals surface area contributed by atoms with E-state index < -0.39 is 6.23 Å². The zero-order valence-corrected chi connectivity index (χ0v) is 18.3. The topological polar surface area (TPSA) is 69.4 Å². The molecule has 1 aliphatic rings. The third-order valence-electron chi connectivity index (χ3n) is 4.94. The minimum Gasteiger partial charge on any atom is -0.432 e. The highest BCUT2D eigenvalue weighted by atomic mass is 35.5. The minimum atomic E-state index is -0.861. The summed E-state index contributed by atoms with van der Waals surface area (Å²) >= 11 is 7.76. The van der Waals surface area contributed by atoms with Crippen molar-refractivity contribution in [3.05, 3.63) is 62.5 Å². The molecule has 3 heterocycles. The van der Waals surface area contributed by atoms with Crippen molar-refractivity contribution in [3.63, 3.8) is 0 Å². The first-order chi connectivity index (χ1) is 13.9. The van der Waals surface area contributed by atoms with Crippen LogP contribution in [0.15, 0.2) is 29.3 Å². The summed E-state index contributed by atoms with van der Waals surface area (Å²) in [6.07, 6.45) is 0.173. The van der Waals surface area contributed by atoms with Crippen LogP contribution in [0.5, 0.6) is 0 Å². The van der Waals surface area contributed by atoms with Crippen molar-refractivity contribution in [1.82, 2.24) is 14.8 Å². The normalized spacial score (nSPS) is 15.3. The Morgan fingerprint density at radius 3 is 2.62 bits per heavy atom. The molecule has 1 aliphatic heterocycles. The Labute approximate surface area is 178 Å². The number of aliphatic imine (C=N–C) groups is 1. The molecule has 4 rings (SSSR count). The van der Waals surface area contributed by atoms with Crippen LogP contribution in [0.4, 0.5) is 0 Å². The van der Waals surface area contributed by atoms with E-state index in [9.17, 15) is 4.79 Å². The number of hydrogen-bond acceptors (Lipinski definition) is 6. The van der Waals surface area contributed by atoms with Gasteiger partial charge in [-0.1, -0.05) is 30.7 Å². The molecular weight excluding hydrogens is 408 g/mol. The van der Waals surface area contributed by atoms with E-state index >= 15 is 0 Å². The first kappa shape index (κ1) is 19.8. The first-order valence-corrected chi connectivity index (χ1v) is 10.7. The molecule has 6 nitrogen and oxygen atoms in total. The van der Waals surface area contributed by atoms with Crippen LogP contribution < -0.4 is 0 Å². The zero-order valence-electron chi connectivity index (χ0n) is 16.7. The second-order valence-electron chi connectivity index (χ2n) is 6.98. The molecule has 2 aromatic heterocycles. The number of thiophene rings is 1. The summed E-state index contributed by atoms with van der Waals surface area (Å²) in [5, 5.41) is 10.2.